The Morgan fingerprint density at radius 3 is 2.74 bits per heavy atom. The third kappa shape index (κ3) is 2.92. The second-order valence-electron chi connectivity index (χ2n) is 6.02. The van der Waals surface area contributed by atoms with E-state index < -0.39 is 0 Å². The van der Waals surface area contributed by atoms with Crippen molar-refractivity contribution >= 4 is 11.6 Å². The summed E-state index contributed by atoms with van der Waals surface area (Å²) < 4.78 is 2.39. The quantitative estimate of drug-likeness (QED) is 0.751. The second-order valence-corrected chi connectivity index (χ2v) is 6.46. The molecular formula is C20H19ClN2. The van der Waals surface area contributed by atoms with Crippen LogP contribution in [-0.2, 0) is 19.5 Å². The SMILES string of the molecule is Clc1cccc(Cn2cc(-c3ccccc3)c3c2CCNC3)c1. The minimum absolute atomic E-state index is 0.800. The number of hydrogen-bond donors (Lipinski definition) is 1. The van der Waals surface area contributed by atoms with Gasteiger partial charge in [0.15, 0.2) is 0 Å². The molecule has 0 unspecified atom stereocenters. The van der Waals surface area contributed by atoms with Crippen LogP contribution in [-0.4, -0.2) is 11.1 Å². The maximum Gasteiger partial charge on any atom is 0.0473 e. The van der Waals surface area contributed by atoms with E-state index in [4.69, 9.17) is 11.6 Å². The maximum atomic E-state index is 6.14. The number of rotatable bonds is 3. The first-order valence-electron chi connectivity index (χ1n) is 8.03. The average molecular weight is 323 g/mol. The molecule has 2 nitrogen and oxygen atoms in total. The molecule has 0 fully saturated rings. The van der Waals surface area contributed by atoms with Crippen molar-refractivity contribution in [3.63, 3.8) is 0 Å². The van der Waals surface area contributed by atoms with Crippen molar-refractivity contribution in [2.45, 2.75) is 19.5 Å². The molecule has 2 aromatic carbocycles. The van der Waals surface area contributed by atoms with E-state index in [9.17, 15) is 0 Å². The number of nitrogens with one attached hydrogen (secondary N) is 1. The van der Waals surface area contributed by atoms with E-state index in [0.29, 0.717) is 0 Å². The summed E-state index contributed by atoms with van der Waals surface area (Å²) in [6, 6.07) is 18.8. The molecule has 0 spiro atoms. The molecule has 23 heavy (non-hydrogen) atoms. The molecule has 1 aliphatic rings. The van der Waals surface area contributed by atoms with E-state index in [2.05, 4.69) is 58.5 Å². The summed E-state index contributed by atoms with van der Waals surface area (Å²) in [7, 11) is 0. The van der Waals surface area contributed by atoms with Crippen LogP contribution < -0.4 is 5.32 Å². The lowest BCUT2D eigenvalue weighted by atomic mass is 10.00. The molecule has 2 heterocycles. The molecule has 116 valence electrons. The van der Waals surface area contributed by atoms with Gasteiger partial charge >= 0.3 is 0 Å². The lowest BCUT2D eigenvalue weighted by Gasteiger charge is -2.17. The van der Waals surface area contributed by atoms with Crippen molar-refractivity contribution in [2.24, 2.45) is 0 Å². The molecule has 0 amide bonds. The van der Waals surface area contributed by atoms with Crippen molar-refractivity contribution in [1.82, 2.24) is 9.88 Å². The predicted octanol–water partition coefficient (Wildman–Crippen LogP) is 4.50. The molecule has 1 aliphatic heterocycles. The van der Waals surface area contributed by atoms with E-state index in [1.807, 2.05) is 12.1 Å². The van der Waals surface area contributed by atoms with Gasteiger partial charge in [-0.1, -0.05) is 54.1 Å². The topological polar surface area (TPSA) is 17.0 Å². The summed E-state index contributed by atoms with van der Waals surface area (Å²) in [4.78, 5) is 0. The molecule has 3 heteroatoms. The molecule has 3 aromatic rings. The second kappa shape index (κ2) is 6.23. The summed E-state index contributed by atoms with van der Waals surface area (Å²) >= 11 is 6.14. The monoisotopic (exact) mass is 322 g/mol. The summed E-state index contributed by atoms with van der Waals surface area (Å²) in [5.41, 5.74) is 6.76. The normalized spacial score (nSPS) is 13.8. The standard InChI is InChI=1S/C20H19ClN2/c21-17-8-4-5-15(11-17)13-23-14-19(16-6-2-1-3-7-16)18-12-22-10-9-20(18)23/h1-8,11,14,22H,9-10,12-13H2. The van der Waals surface area contributed by atoms with E-state index in [-0.39, 0.29) is 0 Å². The van der Waals surface area contributed by atoms with Gasteiger partial charge in [0.25, 0.3) is 0 Å². The van der Waals surface area contributed by atoms with Crippen LogP contribution in [0.4, 0.5) is 0 Å². The van der Waals surface area contributed by atoms with Crippen LogP contribution in [0, 0.1) is 0 Å². The Morgan fingerprint density at radius 2 is 1.91 bits per heavy atom. The molecule has 0 aliphatic carbocycles. The van der Waals surface area contributed by atoms with Gasteiger partial charge in [0.2, 0.25) is 0 Å². The summed E-state index contributed by atoms with van der Waals surface area (Å²) in [6.07, 6.45) is 3.37. The summed E-state index contributed by atoms with van der Waals surface area (Å²) in [5.74, 6) is 0. The molecule has 1 aromatic heterocycles. The molecule has 0 saturated heterocycles. The molecule has 4 rings (SSSR count). The van der Waals surface area contributed by atoms with Crippen molar-refractivity contribution < 1.29 is 0 Å². The van der Waals surface area contributed by atoms with Crippen LogP contribution in [0.15, 0.2) is 60.8 Å². The van der Waals surface area contributed by atoms with Crippen molar-refractivity contribution in [3.05, 3.63) is 82.6 Å². The van der Waals surface area contributed by atoms with Gasteiger partial charge in [-0.2, -0.15) is 0 Å². The number of fused-ring (bicyclic) bond motifs is 1. The Morgan fingerprint density at radius 1 is 1.04 bits per heavy atom. The Balaban J connectivity index is 1.77. The van der Waals surface area contributed by atoms with E-state index in [1.54, 1.807) is 0 Å². The van der Waals surface area contributed by atoms with Gasteiger partial charge < -0.3 is 9.88 Å². The largest absolute Gasteiger partial charge is 0.346 e. The van der Waals surface area contributed by atoms with Gasteiger partial charge in [0, 0.05) is 48.5 Å². The fraction of sp³-hybridized carbons (Fsp3) is 0.200. The van der Waals surface area contributed by atoms with Crippen LogP contribution in [0.25, 0.3) is 11.1 Å². The summed E-state index contributed by atoms with van der Waals surface area (Å²) in [6.45, 7) is 2.86. The maximum absolute atomic E-state index is 6.14. The highest BCUT2D eigenvalue weighted by Gasteiger charge is 2.19. The first-order chi connectivity index (χ1) is 11.3. The Hall–Kier alpha value is -2.03. The molecular weight excluding hydrogens is 304 g/mol. The smallest absolute Gasteiger partial charge is 0.0473 e. The number of benzene rings is 2. The number of aromatic nitrogens is 1. The van der Waals surface area contributed by atoms with Crippen molar-refractivity contribution in [1.29, 1.82) is 0 Å². The molecule has 1 N–H and O–H groups in total. The minimum Gasteiger partial charge on any atom is -0.346 e. The highest BCUT2D eigenvalue weighted by Crippen LogP contribution is 2.31. The van der Waals surface area contributed by atoms with Gasteiger partial charge in [0.05, 0.1) is 0 Å². The number of halogens is 1. The lowest BCUT2D eigenvalue weighted by molar-refractivity contribution is 0.607. The van der Waals surface area contributed by atoms with Gasteiger partial charge in [-0.25, -0.2) is 0 Å². The first-order valence-corrected chi connectivity index (χ1v) is 8.40. The van der Waals surface area contributed by atoms with E-state index in [1.165, 1.54) is 27.9 Å². The van der Waals surface area contributed by atoms with Crippen LogP contribution in [0.2, 0.25) is 5.02 Å². The van der Waals surface area contributed by atoms with Gasteiger partial charge in [-0.15, -0.1) is 0 Å². The van der Waals surface area contributed by atoms with Gasteiger partial charge in [-0.05, 0) is 28.8 Å². The van der Waals surface area contributed by atoms with Crippen molar-refractivity contribution in [2.75, 3.05) is 6.54 Å². The Bertz CT molecular complexity index is 821. The zero-order valence-corrected chi connectivity index (χ0v) is 13.7. The van der Waals surface area contributed by atoms with Crippen LogP contribution in [0.5, 0.6) is 0 Å². The third-order valence-electron chi connectivity index (χ3n) is 4.47. The number of nitrogens with zero attached hydrogens (tertiary/aromatic N) is 1. The van der Waals surface area contributed by atoms with Crippen molar-refractivity contribution in [3.8, 4) is 11.1 Å². The van der Waals surface area contributed by atoms with E-state index in [0.717, 1.165) is 31.1 Å². The Labute approximate surface area is 141 Å². The zero-order chi connectivity index (χ0) is 15.6. The Kier molecular flexibility index (Phi) is 3.94. The molecule has 0 bridgehead atoms. The van der Waals surface area contributed by atoms with Crippen LogP contribution >= 0.6 is 11.6 Å². The van der Waals surface area contributed by atoms with Gasteiger partial charge in [-0.3, -0.25) is 0 Å². The molecule has 0 saturated carbocycles. The molecule has 0 radical (unpaired) electrons. The first kappa shape index (κ1) is 14.6. The number of hydrogen-bond acceptors (Lipinski definition) is 1. The lowest BCUT2D eigenvalue weighted by Crippen LogP contribution is -2.25. The molecule has 0 atom stereocenters. The highest BCUT2D eigenvalue weighted by atomic mass is 35.5. The van der Waals surface area contributed by atoms with Gasteiger partial charge in [0.1, 0.15) is 0 Å². The average Bonchev–Trinajstić information content (AvgIpc) is 2.95. The van der Waals surface area contributed by atoms with E-state index >= 15 is 0 Å². The third-order valence-corrected chi connectivity index (χ3v) is 4.71. The fourth-order valence-electron chi connectivity index (χ4n) is 3.39. The predicted molar refractivity (Wildman–Crippen MR) is 95.8 cm³/mol. The highest BCUT2D eigenvalue weighted by molar-refractivity contribution is 6.30. The van der Waals surface area contributed by atoms with Crippen LogP contribution in [0.1, 0.15) is 16.8 Å². The van der Waals surface area contributed by atoms with Crippen LogP contribution in [0.3, 0.4) is 0 Å². The fourth-order valence-corrected chi connectivity index (χ4v) is 3.60. The summed E-state index contributed by atoms with van der Waals surface area (Å²) in [5, 5.41) is 4.30. The minimum atomic E-state index is 0.800. The zero-order valence-electron chi connectivity index (χ0n) is 12.9.